The number of hydrogen-bond donors (Lipinski definition) is 1. The maximum absolute atomic E-state index is 12.2. The molecule has 1 aliphatic rings. The van der Waals surface area contributed by atoms with Crippen molar-refractivity contribution < 1.29 is 9.53 Å². The number of piperidine rings is 1. The van der Waals surface area contributed by atoms with Gasteiger partial charge in [0, 0.05) is 30.1 Å². The van der Waals surface area contributed by atoms with Gasteiger partial charge in [-0.15, -0.1) is 0 Å². The Balaban J connectivity index is 1.57. The molecule has 0 bridgehead atoms. The lowest BCUT2D eigenvalue weighted by Crippen LogP contribution is -2.38. The molecule has 1 aromatic heterocycles. The van der Waals surface area contributed by atoms with Gasteiger partial charge in [0.25, 0.3) is 0 Å². The number of aromatic amines is 1. The van der Waals surface area contributed by atoms with Crippen molar-refractivity contribution in [3.8, 4) is 17.2 Å². The fraction of sp³-hybridized carbons (Fsp3) is 0.375. The zero-order chi connectivity index (χ0) is 21.1. The number of H-pyrrole nitrogens is 1. The maximum atomic E-state index is 12.2. The molecular weight excluding hydrogens is 376 g/mol. The van der Waals surface area contributed by atoms with Crippen LogP contribution in [0.5, 0.6) is 0 Å². The molecular formula is C24H26N4O2. The van der Waals surface area contributed by atoms with Gasteiger partial charge in [0.15, 0.2) is 0 Å². The second kappa shape index (κ2) is 8.58. The Morgan fingerprint density at radius 2 is 1.97 bits per heavy atom. The van der Waals surface area contributed by atoms with Crippen molar-refractivity contribution in [3.63, 3.8) is 0 Å². The number of carbonyl (C=O) groups excluding carboxylic acids is 1. The zero-order valence-electron chi connectivity index (χ0n) is 17.4. The van der Waals surface area contributed by atoms with Crippen LogP contribution in [0, 0.1) is 17.2 Å². The predicted molar refractivity (Wildman–Crippen MR) is 116 cm³/mol. The van der Waals surface area contributed by atoms with Gasteiger partial charge in [-0.25, -0.2) is 4.79 Å². The van der Waals surface area contributed by atoms with E-state index >= 15 is 0 Å². The van der Waals surface area contributed by atoms with E-state index in [1.54, 1.807) is 4.90 Å². The summed E-state index contributed by atoms with van der Waals surface area (Å²) in [6.45, 7) is 5.82. The molecule has 0 aliphatic carbocycles. The molecule has 1 fully saturated rings. The highest BCUT2D eigenvalue weighted by atomic mass is 16.6. The van der Waals surface area contributed by atoms with E-state index in [9.17, 15) is 10.1 Å². The number of nitrogens with zero attached hydrogens (tertiary/aromatic N) is 3. The van der Waals surface area contributed by atoms with Crippen molar-refractivity contribution >= 4 is 17.0 Å². The third-order valence-electron chi connectivity index (χ3n) is 5.62. The van der Waals surface area contributed by atoms with E-state index in [0.29, 0.717) is 36.7 Å². The minimum absolute atomic E-state index is 0.227. The van der Waals surface area contributed by atoms with Crippen molar-refractivity contribution in [2.45, 2.75) is 32.6 Å². The third-order valence-corrected chi connectivity index (χ3v) is 5.62. The Bertz CT molecular complexity index is 1070. The summed E-state index contributed by atoms with van der Waals surface area (Å²) in [6, 6.07) is 16.4. The Morgan fingerprint density at radius 3 is 2.63 bits per heavy atom. The molecule has 30 heavy (non-hydrogen) atoms. The largest absolute Gasteiger partial charge is 0.449 e. The molecule has 6 heteroatoms. The van der Waals surface area contributed by atoms with Crippen LogP contribution in [0.25, 0.3) is 22.0 Å². The smallest absolute Gasteiger partial charge is 0.409 e. The molecule has 0 saturated carbocycles. The first-order chi connectivity index (χ1) is 14.6. The molecule has 0 unspecified atom stereocenters. The normalized spacial score (nSPS) is 14.8. The average molecular weight is 402 g/mol. The predicted octanol–water partition coefficient (Wildman–Crippen LogP) is 5.07. The van der Waals surface area contributed by atoms with Gasteiger partial charge in [0.1, 0.15) is 11.6 Å². The molecule has 2 heterocycles. The fourth-order valence-corrected chi connectivity index (χ4v) is 4.01. The van der Waals surface area contributed by atoms with Crippen LogP contribution in [-0.2, 0) is 4.74 Å². The number of ether oxygens (including phenoxy) is 1. The van der Waals surface area contributed by atoms with Crippen LogP contribution in [0.4, 0.5) is 4.79 Å². The van der Waals surface area contributed by atoms with E-state index in [0.717, 1.165) is 35.0 Å². The second-order valence-electron chi connectivity index (χ2n) is 8.27. The van der Waals surface area contributed by atoms with Crippen LogP contribution < -0.4 is 0 Å². The monoisotopic (exact) mass is 402 g/mol. The van der Waals surface area contributed by atoms with Crippen molar-refractivity contribution in [3.05, 3.63) is 53.7 Å². The standard InChI is InChI=1S/C24H26N4O2/c1-16(2)15-30-24(29)28-10-8-18(9-11-28)22-21-13-19(17-6-4-3-5-7-17)12-20(14-25)23(21)27-26-22/h3-7,12-13,16,18H,8-11,15H2,1-2H3,(H,26,27). The number of benzene rings is 2. The maximum Gasteiger partial charge on any atom is 0.409 e. The van der Waals surface area contributed by atoms with Gasteiger partial charge in [-0.3, -0.25) is 5.10 Å². The molecule has 6 nitrogen and oxygen atoms in total. The van der Waals surface area contributed by atoms with Crippen LogP contribution in [0.3, 0.4) is 0 Å². The summed E-state index contributed by atoms with van der Waals surface area (Å²) in [5.74, 6) is 0.595. The molecule has 1 saturated heterocycles. The molecule has 4 rings (SSSR count). The van der Waals surface area contributed by atoms with Crippen LogP contribution >= 0.6 is 0 Å². The zero-order valence-corrected chi connectivity index (χ0v) is 17.4. The van der Waals surface area contributed by atoms with Gasteiger partial charge in [-0.2, -0.15) is 10.4 Å². The van der Waals surface area contributed by atoms with Crippen molar-refractivity contribution in [2.24, 2.45) is 5.92 Å². The lowest BCUT2D eigenvalue weighted by molar-refractivity contribution is 0.0833. The SMILES string of the molecule is CC(C)COC(=O)N1CCC(c2[nH]nc3c(C#N)cc(-c4ccccc4)cc23)CC1. The van der Waals surface area contributed by atoms with Crippen LogP contribution in [0.1, 0.15) is 43.9 Å². The second-order valence-corrected chi connectivity index (χ2v) is 8.27. The number of carbonyl (C=O) groups is 1. The number of nitrogens with one attached hydrogen (secondary N) is 1. The molecule has 1 amide bonds. The molecule has 1 N–H and O–H groups in total. The first-order valence-corrected chi connectivity index (χ1v) is 10.5. The summed E-state index contributed by atoms with van der Waals surface area (Å²) in [6.07, 6.45) is 1.45. The first kappa shape index (κ1) is 20.0. The first-order valence-electron chi connectivity index (χ1n) is 10.5. The topological polar surface area (TPSA) is 82.0 Å². The van der Waals surface area contributed by atoms with Crippen LogP contribution in [0.2, 0.25) is 0 Å². The van der Waals surface area contributed by atoms with Crippen LogP contribution in [0.15, 0.2) is 42.5 Å². The van der Waals surface area contributed by atoms with E-state index in [1.807, 2.05) is 50.2 Å². The van der Waals surface area contributed by atoms with Gasteiger partial charge in [0.2, 0.25) is 0 Å². The number of hydrogen-bond acceptors (Lipinski definition) is 4. The summed E-state index contributed by atoms with van der Waals surface area (Å²) < 4.78 is 5.36. The Kier molecular flexibility index (Phi) is 5.71. The van der Waals surface area contributed by atoms with E-state index in [1.165, 1.54) is 0 Å². The van der Waals surface area contributed by atoms with Crippen molar-refractivity contribution in [2.75, 3.05) is 19.7 Å². The molecule has 3 aromatic rings. The summed E-state index contributed by atoms with van der Waals surface area (Å²) in [7, 11) is 0. The van der Waals surface area contributed by atoms with Crippen molar-refractivity contribution in [1.82, 2.24) is 15.1 Å². The molecule has 2 aromatic carbocycles. The molecule has 0 radical (unpaired) electrons. The lowest BCUT2D eigenvalue weighted by atomic mass is 9.90. The summed E-state index contributed by atoms with van der Waals surface area (Å²) in [5, 5.41) is 18.3. The number of likely N-dealkylation sites (tertiary alicyclic amines) is 1. The number of fused-ring (bicyclic) bond motifs is 1. The van der Waals surface area contributed by atoms with E-state index in [2.05, 4.69) is 22.3 Å². The fourth-order valence-electron chi connectivity index (χ4n) is 4.01. The lowest BCUT2D eigenvalue weighted by Gasteiger charge is -2.31. The van der Waals surface area contributed by atoms with Gasteiger partial charge in [-0.05, 0) is 42.0 Å². The summed E-state index contributed by atoms with van der Waals surface area (Å²) >= 11 is 0. The molecule has 0 atom stereocenters. The van der Waals surface area contributed by atoms with Gasteiger partial charge < -0.3 is 9.64 Å². The average Bonchev–Trinajstić information content (AvgIpc) is 3.21. The van der Waals surface area contributed by atoms with E-state index in [-0.39, 0.29) is 12.0 Å². The van der Waals surface area contributed by atoms with E-state index < -0.39 is 0 Å². The summed E-state index contributed by atoms with van der Waals surface area (Å²) in [4.78, 5) is 14.0. The summed E-state index contributed by atoms with van der Waals surface area (Å²) in [5.41, 5.74) is 4.42. The molecule has 154 valence electrons. The highest BCUT2D eigenvalue weighted by Crippen LogP contribution is 2.35. The Morgan fingerprint density at radius 1 is 1.23 bits per heavy atom. The highest BCUT2D eigenvalue weighted by Gasteiger charge is 2.27. The van der Waals surface area contributed by atoms with Crippen LogP contribution in [-0.4, -0.2) is 40.9 Å². The number of aromatic nitrogens is 2. The number of rotatable bonds is 4. The number of amides is 1. The minimum Gasteiger partial charge on any atom is -0.449 e. The van der Waals surface area contributed by atoms with E-state index in [4.69, 9.17) is 4.74 Å². The highest BCUT2D eigenvalue weighted by molar-refractivity contribution is 5.91. The minimum atomic E-state index is -0.227. The third kappa shape index (κ3) is 4.02. The Labute approximate surface area is 176 Å². The molecule has 0 spiro atoms. The molecule has 1 aliphatic heterocycles. The van der Waals surface area contributed by atoms with Gasteiger partial charge in [0.05, 0.1) is 12.2 Å². The number of nitriles is 1. The van der Waals surface area contributed by atoms with Gasteiger partial charge >= 0.3 is 6.09 Å². The van der Waals surface area contributed by atoms with Crippen molar-refractivity contribution in [1.29, 1.82) is 5.26 Å². The Hall–Kier alpha value is -3.33. The quantitative estimate of drug-likeness (QED) is 0.660. The van der Waals surface area contributed by atoms with Gasteiger partial charge in [-0.1, -0.05) is 44.2 Å².